The van der Waals surface area contributed by atoms with Crippen LogP contribution >= 0.6 is 0 Å². The van der Waals surface area contributed by atoms with Crippen LogP contribution in [0.2, 0.25) is 0 Å². The van der Waals surface area contributed by atoms with E-state index in [-0.39, 0.29) is 0 Å². The van der Waals surface area contributed by atoms with Crippen molar-refractivity contribution in [2.24, 2.45) is 0 Å². The van der Waals surface area contributed by atoms with E-state index in [0.29, 0.717) is 11.8 Å². The number of benzene rings is 1. The molecule has 0 aromatic heterocycles. The Morgan fingerprint density at radius 1 is 1.27 bits per heavy atom. The molecule has 1 aromatic carbocycles. The lowest BCUT2D eigenvalue weighted by atomic mass is 10.0. The highest BCUT2D eigenvalue weighted by atomic mass is 16.3. The second-order valence-corrected chi connectivity index (χ2v) is 4.48. The average molecular weight is 205 g/mol. The van der Waals surface area contributed by atoms with Crippen molar-refractivity contribution >= 4 is 0 Å². The van der Waals surface area contributed by atoms with E-state index < -0.39 is 0 Å². The van der Waals surface area contributed by atoms with Crippen molar-refractivity contribution < 1.29 is 5.11 Å². The summed E-state index contributed by atoms with van der Waals surface area (Å²) >= 11 is 0. The van der Waals surface area contributed by atoms with Crippen molar-refractivity contribution in [3.05, 3.63) is 29.8 Å². The number of likely N-dealkylation sites (tertiary alicyclic amines) is 1. The molecule has 1 atom stereocenters. The van der Waals surface area contributed by atoms with Crippen molar-refractivity contribution in [3.63, 3.8) is 0 Å². The first-order valence-electron chi connectivity index (χ1n) is 5.77. The molecule has 15 heavy (non-hydrogen) atoms. The van der Waals surface area contributed by atoms with Crippen molar-refractivity contribution in [2.45, 2.75) is 38.8 Å². The van der Waals surface area contributed by atoms with Crippen LogP contribution in [0.15, 0.2) is 24.3 Å². The van der Waals surface area contributed by atoms with Crippen LogP contribution in [0.1, 0.15) is 31.7 Å². The van der Waals surface area contributed by atoms with Crippen LogP contribution in [0.3, 0.4) is 0 Å². The molecule has 1 saturated heterocycles. The summed E-state index contributed by atoms with van der Waals surface area (Å²) in [6, 6.07) is 8.26. The van der Waals surface area contributed by atoms with Crippen LogP contribution < -0.4 is 0 Å². The quantitative estimate of drug-likeness (QED) is 0.802. The first-order chi connectivity index (χ1) is 7.25. The van der Waals surface area contributed by atoms with Gasteiger partial charge in [0.25, 0.3) is 0 Å². The highest BCUT2D eigenvalue weighted by Crippen LogP contribution is 2.19. The van der Waals surface area contributed by atoms with Crippen LogP contribution in [0.5, 0.6) is 5.75 Å². The molecule has 0 aliphatic carbocycles. The first kappa shape index (κ1) is 10.5. The van der Waals surface area contributed by atoms with Crippen molar-refractivity contribution in [3.8, 4) is 5.75 Å². The number of nitrogens with zero attached hydrogens (tertiary/aromatic N) is 1. The van der Waals surface area contributed by atoms with Crippen LogP contribution in [0, 0.1) is 0 Å². The highest BCUT2D eigenvalue weighted by molar-refractivity contribution is 5.25. The van der Waals surface area contributed by atoms with E-state index in [1.54, 1.807) is 12.1 Å². The molecule has 2 nitrogen and oxygen atoms in total. The van der Waals surface area contributed by atoms with E-state index in [4.69, 9.17) is 0 Å². The number of hydrogen-bond acceptors (Lipinski definition) is 2. The third kappa shape index (κ3) is 2.72. The maximum atomic E-state index is 9.20. The van der Waals surface area contributed by atoms with Gasteiger partial charge in [0.2, 0.25) is 0 Å². The molecule has 1 fully saturated rings. The van der Waals surface area contributed by atoms with Gasteiger partial charge in [-0.3, -0.25) is 4.90 Å². The lowest BCUT2D eigenvalue weighted by Crippen LogP contribution is -2.36. The molecule has 0 amide bonds. The van der Waals surface area contributed by atoms with Gasteiger partial charge in [-0.25, -0.2) is 0 Å². The third-order valence-electron chi connectivity index (χ3n) is 3.26. The largest absolute Gasteiger partial charge is 0.508 e. The van der Waals surface area contributed by atoms with Crippen LogP contribution in [-0.4, -0.2) is 22.6 Å². The Labute approximate surface area is 91.5 Å². The van der Waals surface area contributed by atoms with E-state index in [2.05, 4.69) is 11.8 Å². The minimum atomic E-state index is 0.352. The molecule has 82 valence electrons. The van der Waals surface area contributed by atoms with Gasteiger partial charge in [-0.2, -0.15) is 0 Å². The molecular formula is C13H19NO. The van der Waals surface area contributed by atoms with Gasteiger partial charge in [0, 0.05) is 12.6 Å². The van der Waals surface area contributed by atoms with Gasteiger partial charge in [-0.1, -0.05) is 18.6 Å². The van der Waals surface area contributed by atoms with E-state index in [0.717, 1.165) is 6.54 Å². The summed E-state index contributed by atoms with van der Waals surface area (Å²) in [7, 11) is 0. The van der Waals surface area contributed by atoms with E-state index in [1.165, 1.54) is 31.4 Å². The maximum absolute atomic E-state index is 9.20. The highest BCUT2D eigenvalue weighted by Gasteiger charge is 2.17. The summed E-state index contributed by atoms with van der Waals surface area (Å²) in [6.45, 7) is 4.53. The number of hydrogen-bond donors (Lipinski definition) is 1. The lowest BCUT2D eigenvalue weighted by molar-refractivity contribution is 0.152. The molecular weight excluding hydrogens is 186 g/mol. The summed E-state index contributed by atoms with van der Waals surface area (Å²) < 4.78 is 0. The lowest BCUT2D eigenvalue weighted by Gasteiger charge is -2.33. The number of phenolic OH excluding ortho intramolecular Hbond substituents is 1. The SMILES string of the molecule is CC1CCCCN1Cc1ccc(O)cc1. The first-order valence-corrected chi connectivity index (χ1v) is 5.77. The topological polar surface area (TPSA) is 23.5 Å². The molecule has 0 spiro atoms. The molecule has 2 rings (SSSR count). The van der Waals surface area contributed by atoms with Crippen molar-refractivity contribution in [2.75, 3.05) is 6.54 Å². The smallest absolute Gasteiger partial charge is 0.115 e. The van der Waals surface area contributed by atoms with Gasteiger partial charge in [0.15, 0.2) is 0 Å². The second kappa shape index (κ2) is 4.67. The van der Waals surface area contributed by atoms with Gasteiger partial charge in [0.05, 0.1) is 0 Å². The van der Waals surface area contributed by atoms with Gasteiger partial charge < -0.3 is 5.11 Å². The molecule has 0 bridgehead atoms. The summed E-state index contributed by atoms with van der Waals surface area (Å²) in [4.78, 5) is 2.52. The summed E-state index contributed by atoms with van der Waals surface area (Å²) in [5.74, 6) is 0.352. The zero-order valence-corrected chi connectivity index (χ0v) is 9.32. The zero-order valence-electron chi connectivity index (χ0n) is 9.32. The molecule has 0 radical (unpaired) electrons. The van der Waals surface area contributed by atoms with E-state index in [9.17, 15) is 5.11 Å². The van der Waals surface area contributed by atoms with Gasteiger partial charge in [-0.05, 0) is 44.0 Å². The zero-order chi connectivity index (χ0) is 10.7. The molecule has 1 aromatic rings. The predicted molar refractivity (Wildman–Crippen MR) is 61.8 cm³/mol. The molecule has 0 saturated carbocycles. The minimum absolute atomic E-state index is 0.352. The van der Waals surface area contributed by atoms with Crippen LogP contribution in [-0.2, 0) is 6.54 Å². The van der Waals surface area contributed by atoms with Crippen molar-refractivity contribution in [1.29, 1.82) is 0 Å². The summed E-state index contributed by atoms with van der Waals surface area (Å²) in [5, 5.41) is 9.20. The number of phenols is 1. The Morgan fingerprint density at radius 2 is 2.00 bits per heavy atom. The molecule has 2 heteroatoms. The Morgan fingerprint density at radius 3 is 2.67 bits per heavy atom. The van der Waals surface area contributed by atoms with Gasteiger partial charge in [-0.15, -0.1) is 0 Å². The Hall–Kier alpha value is -1.02. The maximum Gasteiger partial charge on any atom is 0.115 e. The average Bonchev–Trinajstić information content (AvgIpc) is 2.25. The molecule has 1 aliphatic heterocycles. The summed E-state index contributed by atoms with van der Waals surface area (Å²) in [6.07, 6.45) is 4.01. The number of aromatic hydroxyl groups is 1. The fraction of sp³-hybridized carbons (Fsp3) is 0.538. The second-order valence-electron chi connectivity index (χ2n) is 4.48. The third-order valence-corrected chi connectivity index (χ3v) is 3.26. The van der Waals surface area contributed by atoms with Gasteiger partial charge in [0.1, 0.15) is 5.75 Å². The monoisotopic (exact) mass is 205 g/mol. The molecule has 1 N–H and O–H groups in total. The fourth-order valence-electron chi connectivity index (χ4n) is 2.23. The standard InChI is InChI=1S/C13H19NO/c1-11-4-2-3-9-14(11)10-12-5-7-13(15)8-6-12/h5-8,11,15H,2-4,9-10H2,1H3. The fourth-order valence-corrected chi connectivity index (χ4v) is 2.23. The molecule has 1 aliphatic rings. The van der Waals surface area contributed by atoms with Gasteiger partial charge >= 0.3 is 0 Å². The predicted octanol–water partition coefficient (Wildman–Crippen LogP) is 2.77. The number of piperidine rings is 1. The van der Waals surface area contributed by atoms with Crippen LogP contribution in [0.25, 0.3) is 0 Å². The minimum Gasteiger partial charge on any atom is -0.508 e. The normalized spacial score (nSPS) is 22.9. The number of rotatable bonds is 2. The van der Waals surface area contributed by atoms with Crippen LogP contribution in [0.4, 0.5) is 0 Å². The summed E-state index contributed by atoms with van der Waals surface area (Å²) in [5.41, 5.74) is 1.29. The Kier molecular flexibility index (Phi) is 3.27. The van der Waals surface area contributed by atoms with Crippen molar-refractivity contribution in [1.82, 2.24) is 4.90 Å². The van der Waals surface area contributed by atoms with E-state index in [1.807, 2.05) is 12.1 Å². The Bertz CT molecular complexity index is 307. The Balaban J connectivity index is 1.98. The molecule has 1 unspecified atom stereocenters. The van der Waals surface area contributed by atoms with E-state index >= 15 is 0 Å². The molecule has 1 heterocycles.